The number of aliphatic hydroxyl groups excluding tert-OH is 1. The summed E-state index contributed by atoms with van der Waals surface area (Å²) >= 11 is 0. The first-order valence-electron chi connectivity index (χ1n) is 8.58. The lowest BCUT2D eigenvalue weighted by molar-refractivity contribution is -0.126. The SMILES string of the molecule is CC(OCC1CC1)C(=O)Nc1ccccc1N1CCC(O)CC1. The molecule has 1 aliphatic heterocycles. The summed E-state index contributed by atoms with van der Waals surface area (Å²) < 4.78 is 5.64. The van der Waals surface area contributed by atoms with E-state index < -0.39 is 6.10 Å². The van der Waals surface area contributed by atoms with E-state index in [2.05, 4.69) is 10.2 Å². The Morgan fingerprint density at radius 3 is 2.70 bits per heavy atom. The summed E-state index contributed by atoms with van der Waals surface area (Å²) in [6.45, 7) is 4.10. The van der Waals surface area contributed by atoms with Crippen LogP contribution in [0.3, 0.4) is 0 Å². The minimum absolute atomic E-state index is 0.102. The van der Waals surface area contributed by atoms with Crippen molar-refractivity contribution in [3.8, 4) is 0 Å². The van der Waals surface area contributed by atoms with Crippen molar-refractivity contribution < 1.29 is 14.6 Å². The van der Waals surface area contributed by atoms with Gasteiger partial charge in [0.15, 0.2) is 0 Å². The summed E-state index contributed by atoms with van der Waals surface area (Å²) in [5.41, 5.74) is 1.83. The Bertz CT molecular complexity index is 537. The minimum atomic E-state index is -0.438. The molecule has 1 atom stereocenters. The van der Waals surface area contributed by atoms with Gasteiger partial charge in [0.05, 0.1) is 24.1 Å². The second-order valence-corrected chi connectivity index (χ2v) is 6.64. The van der Waals surface area contributed by atoms with Crippen molar-refractivity contribution in [2.45, 2.75) is 44.8 Å². The van der Waals surface area contributed by atoms with Crippen LogP contribution < -0.4 is 10.2 Å². The van der Waals surface area contributed by atoms with Crippen molar-refractivity contribution in [1.82, 2.24) is 0 Å². The Balaban J connectivity index is 1.61. The van der Waals surface area contributed by atoms with Crippen molar-refractivity contribution in [1.29, 1.82) is 0 Å². The number of nitrogens with zero attached hydrogens (tertiary/aromatic N) is 1. The number of para-hydroxylation sites is 2. The van der Waals surface area contributed by atoms with Crippen LogP contribution in [0.1, 0.15) is 32.6 Å². The topological polar surface area (TPSA) is 61.8 Å². The van der Waals surface area contributed by atoms with Gasteiger partial charge >= 0.3 is 0 Å². The molecule has 1 aromatic carbocycles. The number of nitrogens with one attached hydrogen (secondary N) is 1. The first kappa shape index (κ1) is 16.3. The fraction of sp³-hybridized carbons (Fsp3) is 0.611. The maximum absolute atomic E-state index is 12.3. The normalized spacial score (nSPS) is 20.3. The van der Waals surface area contributed by atoms with Gasteiger partial charge in [-0.05, 0) is 50.7 Å². The summed E-state index contributed by atoms with van der Waals surface area (Å²) in [5, 5.41) is 12.7. The van der Waals surface area contributed by atoms with Crippen LogP contribution in [0.2, 0.25) is 0 Å². The van der Waals surface area contributed by atoms with Gasteiger partial charge in [-0.15, -0.1) is 0 Å². The highest BCUT2D eigenvalue weighted by Crippen LogP contribution is 2.30. The highest BCUT2D eigenvalue weighted by Gasteiger charge is 2.25. The molecule has 1 saturated heterocycles. The predicted octanol–water partition coefficient (Wildman–Crippen LogP) is 2.40. The van der Waals surface area contributed by atoms with E-state index in [0.717, 1.165) is 37.3 Å². The number of hydrogen-bond acceptors (Lipinski definition) is 4. The van der Waals surface area contributed by atoms with Crippen LogP contribution in [0.5, 0.6) is 0 Å². The summed E-state index contributed by atoms with van der Waals surface area (Å²) in [7, 11) is 0. The summed E-state index contributed by atoms with van der Waals surface area (Å²) in [5.74, 6) is 0.549. The Kier molecular flexibility index (Phi) is 5.18. The predicted molar refractivity (Wildman–Crippen MR) is 90.7 cm³/mol. The molecule has 0 spiro atoms. The summed E-state index contributed by atoms with van der Waals surface area (Å²) in [6.07, 6.45) is 3.33. The van der Waals surface area contributed by atoms with Gasteiger partial charge < -0.3 is 20.1 Å². The minimum Gasteiger partial charge on any atom is -0.393 e. The molecule has 0 radical (unpaired) electrons. The van der Waals surface area contributed by atoms with Crippen molar-refractivity contribution in [2.24, 2.45) is 5.92 Å². The van der Waals surface area contributed by atoms with Crippen molar-refractivity contribution in [3.05, 3.63) is 24.3 Å². The van der Waals surface area contributed by atoms with E-state index in [9.17, 15) is 9.90 Å². The zero-order valence-corrected chi connectivity index (χ0v) is 13.7. The fourth-order valence-electron chi connectivity index (χ4n) is 2.84. The number of rotatable bonds is 6. The molecule has 5 nitrogen and oxygen atoms in total. The van der Waals surface area contributed by atoms with Crippen LogP contribution in [-0.2, 0) is 9.53 Å². The molecule has 126 valence electrons. The number of amides is 1. The average Bonchev–Trinajstić information content (AvgIpc) is 3.38. The number of hydrogen-bond donors (Lipinski definition) is 2. The third kappa shape index (κ3) is 4.45. The van der Waals surface area contributed by atoms with Gasteiger partial charge in [0, 0.05) is 13.1 Å². The molecule has 2 N–H and O–H groups in total. The van der Waals surface area contributed by atoms with E-state index in [1.807, 2.05) is 24.3 Å². The smallest absolute Gasteiger partial charge is 0.253 e. The Labute approximate surface area is 137 Å². The molecular formula is C18H26N2O3. The van der Waals surface area contributed by atoms with Crippen LogP contribution in [0, 0.1) is 5.92 Å². The molecule has 1 aromatic rings. The largest absolute Gasteiger partial charge is 0.393 e. The third-order valence-corrected chi connectivity index (χ3v) is 4.62. The highest BCUT2D eigenvalue weighted by atomic mass is 16.5. The lowest BCUT2D eigenvalue weighted by atomic mass is 10.1. The Morgan fingerprint density at radius 1 is 1.30 bits per heavy atom. The number of aliphatic hydroxyl groups is 1. The quantitative estimate of drug-likeness (QED) is 0.845. The molecule has 0 aromatic heterocycles. The van der Waals surface area contributed by atoms with Gasteiger partial charge in [-0.3, -0.25) is 4.79 Å². The van der Waals surface area contributed by atoms with E-state index in [1.165, 1.54) is 12.8 Å². The number of carbonyl (C=O) groups excluding carboxylic acids is 1. The van der Waals surface area contributed by atoms with Crippen molar-refractivity contribution in [2.75, 3.05) is 29.9 Å². The van der Waals surface area contributed by atoms with E-state index in [-0.39, 0.29) is 12.0 Å². The molecule has 2 aliphatic rings. The van der Waals surface area contributed by atoms with Crippen LogP contribution in [0.15, 0.2) is 24.3 Å². The zero-order chi connectivity index (χ0) is 16.2. The fourth-order valence-corrected chi connectivity index (χ4v) is 2.84. The Hall–Kier alpha value is -1.59. The molecule has 5 heteroatoms. The number of anilines is 2. The van der Waals surface area contributed by atoms with Gasteiger partial charge in [-0.25, -0.2) is 0 Å². The van der Waals surface area contributed by atoms with Gasteiger partial charge in [-0.2, -0.15) is 0 Å². The molecule has 1 unspecified atom stereocenters. The van der Waals surface area contributed by atoms with Crippen molar-refractivity contribution in [3.63, 3.8) is 0 Å². The number of ether oxygens (including phenoxy) is 1. The van der Waals surface area contributed by atoms with Crippen LogP contribution >= 0.6 is 0 Å². The molecular weight excluding hydrogens is 292 g/mol. The Morgan fingerprint density at radius 2 is 2.00 bits per heavy atom. The molecule has 1 amide bonds. The molecule has 1 heterocycles. The number of piperidine rings is 1. The lowest BCUT2D eigenvalue weighted by Crippen LogP contribution is -2.36. The van der Waals surface area contributed by atoms with E-state index in [1.54, 1.807) is 6.92 Å². The van der Waals surface area contributed by atoms with Gasteiger partial charge in [0.2, 0.25) is 0 Å². The second kappa shape index (κ2) is 7.32. The lowest BCUT2D eigenvalue weighted by Gasteiger charge is -2.33. The highest BCUT2D eigenvalue weighted by molar-refractivity contribution is 5.97. The summed E-state index contributed by atoms with van der Waals surface area (Å²) in [6, 6.07) is 7.84. The van der Waals surface area contributed by atoms with Crippen LogP contribution in [0.4, 0.5) is 11.4 Å². The van der Waals surface area contributed by atoms with Crippen LogP contribution in [-0.4, -0.2) is 42.9 Å². The standard InChI is InChI=1S/C18H26N2O3/c1-13(23-12-14-6-7-14)18(22)19-16-4-2-3-5-17(16)20-10-8-15(21)9-11-20/h2-5,13-15,21H,6-12H2,1H3,(H,19,22). The molecule has 1 saturated carbocycles. The number of carbonyl (C=O) groups is 1. The molecule has 23 heavy (non-hydrogen) atoms. The monoisotopic (exact) mass is 318 g/mol. The molecule has 3 rings (SSSR count). The molecule has 1 aliphatic carbocycles. The van der Waals surface area contributed by atoms with E-state index in [0.29, 0.717) is 12.5 Å². The van der Waals surface area contributed by atoms with E-state index in [4.69, 9.17) is 4.74 Å². The van der Waals surface area contributed by atoms with Gasteiger partial charge in [-0.1, -0.05) is 12.1 Å². The maximum atomic E-state index is 12.3. The number of benzene rings is 1. The van der Waals surface area contributed by atoms with E-state index >= 15 is 0 Å². The average molecular weight is 318 g/mol. The first-order valence-corrected chi connectivity index (χ1v) is 8.58. The summed E-state index contributed by atoms with van der Waals surface area (Å²) in [4.78, 5) is 14.6. The van der Waals surface area contributed by atoms with Gasteiger partial charge in [0.25, 0.3) is 5.91 Å². The maximum Gasteiger partial charge on any atom is 0.253 e. The van der Waals surface area contributed by atoms with Crippen molar-refractivity contribution >= 4 is 17.3 Å². The first-order chi connectivity index (χ1) is 11.1. The molecule has 0 bridgehead atoms. The van der Waals surface area contributed by atoms with Gasteiger partial charge in [0.1, 0.15) is 6.10 Å². The van der Waals surface area contributed by atoms with Crippen LogP contribution in [0.25, 0.3) is 0 Å². The molecule has 2 fully saturated rings. The second-order valence-electron chi connectivity index (χ2n) is 6.64. The zero-order valence-electron chi connectivity index (χ0n) is 13.7. The third-order valence-electron chi connectivity index (χ3n) is 4.62.